The van der Waals surface area contributed by atoms with Gasteiger partial charge in [0, 0.05) is 11.8 Å². The molecule has 1 fully saturated rings. The van der Waals surface area contributed by atoms with Crippen LogP contribution in [0.15, 0.2) is 11.6 Å². The summed E-state index contributed by atoms with van der Waals surface area (Å²) < 4.78 is 11.7. The topological polar surface area (TPSA) is 18.5 Å². The van der Waals surface area contributed by atoms with Gasteiger partial charge in [0.15, 0.2) is 0 Å². The second-order valence-corrected chi connectivity index (χ2v) is 12.2. The number of ether oxygens (including phenoxy) is 2. The SMILES string of the molecule is CC1(C)COC2(C=C2CCCC#C[Si](C)(C)C)OC1. The molecule has 0 N–H and O–H groups in total. The monoisotopic (exact) mass is 278 g/mol. The van der Waals surface area contributed by atoms with Crippen molar-refractivity contribution in [2.24, 2.45) is 5.41 Å². The molecule has 0 saturated carbocycles. The van der Waals surface area contributed by atoms with Gasteiger partial charge in [-0.3, -0.25) is 0 Å². The maximum atomic E-state index is 5.87. The second kappa shape index (κ2) is 5.09. The van der Waals surface area contributed by atoms with Gasteiger partial charge >= 0.3 is 0 Å². The van der Waals surface area contributed by atoms with E-state index in [-0.39, 0.29) is 5.41 Å². The van der Waals surface area contributed by atoms with Crippen LogP contribution in [-0.2, 0) is 9.47 Å². The molecule has 2 rings (SSSR count). The molecule has 1 aliphatic carbocycles. The number of hydrogen-bond donors (Lipinski definition) is 0. The molecule has 0 aromatic heterocycles. The standard InChI is InChI=1S/C16H26O2Si/c1-15(2)12-17-16(18-13-15)11-14(16)9-7-6-8-10-19(3,4)5/h11H,6-7,9,12-13H2,1-5H3. The van der Waals surface area contributed by atoms with Gasteiger partial charge in [0.05, 0.1) is 13.2 Å². The highest BCUT2D eigenvalue weighted by atomic mass is 28.3. The molecule has 0 aromatic carbocycles. The molecular formula is C16H26O2Si. The largest absolute Gasteiger partial charge is 0.342 e. The molecule has 1 saturated heterocycles. The van der Waals surface area contributed by atoms with Crippen LogP contribution in [-0.4, -0.2) is 27.1 Å². The van der Waals surface area contributed by atoms with Crippen molar-refractivity contribution in [2.45, 2.75) is 58.5 Å². The van der Waals surface area contributed by atoms with E-state index in [0.29, 0.717) is 0 Å². The van der Waals surface area contributed by atoms with E-state index in [0.717, 1.165) is 32.5 Å². The van der Waals surface area contributed by atoms with E-state index in [4.69, 9.17) is 9.47 Å². The minimum absolute atomic E-state index is 0.148. The summed E-state index contributed by atoms with van der Waals surface area (Å²) in [5.41, 5.74) is 4.87. The van der Waals surface area contributed by atoms with Crippen molar-refractivity contribution in [1.82, 2.24) is 0 Å². The Morgan fingerprint density at radius 2 is 1.84 bits per heavy atom. The summed E-state index contributed by atoms with van der Waals surface area (Å²) in [5.74, 6) is 2.90. The molecule has 106 valence electrons. The maximum absolute atomic E-state index is 5.87. The Kier molecular flexibility index (Phi) is 3.97. The lowest BCUT2D eigenvalue weighted by Gasteiger charge is -2.36. The molecule has 3 heteroatoms. The van der Waals surface area contributed by atoms with Gasteiger partial charge in [-0.2, -0.15) is 0 Å². The zero-order valence-corrected chi connectivity index (χ0v) is 13.9. The number of hydrogen-bond acceptors (Lipinski definition) is 2. The highest BCUT2D eigenvalue weighted by molar-refractivity contribution is 6.83. The quantitative estimate of drug-likeness (QED) is 0.339. The first kappa shape index (κ1) is 14.8. The van der Waals surface area contributed by atoms with Crippen LogP contribution < -0.4 is 0 Å². The van der Waals surface area contributed by atoms with E-state index < -0.39 is 13.9 Å². The Morgan fingerprint density at radius 3 is 2.42 bits per heavy atom. The molecule has 0 atom stereocenters. The Bertz CT molecular complexity index is 422. The minimum atomic E-state index is -1.20. The average Bonchev–Trinajstić information content (AvgIpc) is 2.95. The molecule has 2 aliphatic rings. The highest BCUT2D eigenvalue weighted by Crippen LogP contribution is 2.47. The summed E-state index contributed by atoms with van der Waals surface area (Å²) >= 11 is 0. The number of rotatable bonds is 3. The molecule has 0 radical (unpaired) electrons. The molecule has 0 unspecified atom stereocenters. The van der Waals surface area contributed by atoms with Gasteiger partial charge in [-0.1, -0.05) is 33.5 Å². The van der Waals surface area contributed by atoms with Gasteiger partial charge in [0.1, 0.15) is 8.07 Å². The van der Waals surface area contributed by atoms with Crippen LogP contribution in [0.1, 0.15) is 33.1 Å². The Hall–Kier alpha value is -0.563. The summed E-state index contributed by atoms with van der Waals surface area (Å²) in [6, 6.07) is 0. The molecule has 0 amide bonds. The molecule has 2 nitrogen and oxygen atoms in total. The fraction of sp³-hybridized carbons (Fsp3) is 0.750. The first-order chi connectivity index (χ1) is 8.73. The zero-order chi connectivity index (χ0) is 14.1. The van der Waals surface area contributed by atoms with E-state index in [1.54, 1.807) is 0 Å². The Labute approximate surface area is 118 Å². The predicted octanol–water partition coefficient (Wildman–Crippen LogP) is 3.75. The molecule has 0 bridgehead atoms. The van der Waals surface area contributed by atoms with Crippen LogP contribution >= 0.6 is 0 Å². The van der Waals surface area contributed by atoms with Crippen molar-refractivity contribution in [1.29, 1.82) is 0 Å². The third-order valence-electron chi connectivity index (χ3n) is 3.29. The highest BCUT2D eigenvalue weighted by Gasteiger charge is 2.50. The maximum Gasteiger partial charge on any atom is 0.211 e. The number of unbranched alkanes of at least 4 members (excludes halogenated alkanes) is 1. The van der Waals surface area contributed by atoms with Crippen LogP contribution in [0.25, 0.3) is 0 Å². The summed E-state index contributed by atoms with van der Waals surface area (Å²) in [5, 5.41) is 0. The van der Waals surface area contributed by atoms with Gasteiger partial charge in [0.25, 0.3) is 0 Å². The molecular weight excluding hydrogens is 252 g/mol. The van der Waals surface area contributed by atoms with Gasteiger partial charge in [-0.15, -0.1) is 11.5 Å². The molecule has 1 heterocycles. The zero-order valence-electron chi connectivity index (χ0n) is 12.9. The molecule has 19 heavy (non-hydrogen) atoms. The van der Waals surface area contributed by atoms with Crippen LogP contribution in [0.2, 0.25) is 19.6 Å². The van der Waals surface area contributed by atoms with E-state index in [9.17, 15) is 0 Å². The molecule has 1 aliphatic heterocycles. The van der Waals surface area contributed by atoms with Crippen molar-refractivity contribution in [2.75, 3.05) is 13.2 Å². The van der Waals surface area contributed by atoms with E-state index in [2.05, 4.69) is 51.0 Å². The first-order valence-corrected chi connectivity index (χ1v) is 10.7. The summed E-state index contributed by atoms with van der Waals surface area (Å²) in [6.07, 6.45) is 5.29. The van der Waals surface area contributed by atoms with E-state index in [1.165, 1.54) is 5.57 Å². The minimum Gasteiger partial charge on any atom is -0.342 e. The van der Waals surface area contributed by atoms with Crippen LogP contribution in [0.3, 0.4) is 0 Å². The van der Waals surface area contributed by atoms with Gasteiger partial charge in [-0.05, 0) is 24.5 Å². The normalized spacial score (nSPS) is 23.5. The Morgan fingerprint density at radius 1 is 1.21 bits per heavy atom. The fourth-order valence-electron chi connectivity index (χ4n) is 2.09. The van der Waals surface area contributed by atoms with E-state index >= 15 is 0 Å². The van der Waals surface area contributed by atoms with Crippen LogP contribution in [0.4, 0.5) is 0 Å². The lowest BCUT2D eigenvalue weighted by atomic mass is 9.95. The van der Waals surface area contributed by atoms with Gasteiger partial charge in [-0.25, -0.2) is 0 Å². The summed E-state index contributed by atoms with van der Waals surface area (Å²) in [7, 11) is -1.20. The third kappa shape index (κ3) is 4.20. The summed E-state index contributed by atoms with van der Waals surface area (Å²) in [6.45, 7) is 12.8. The third-order valence-corrected chi connectivity index (χ3v) is 4.22. The average molecular weight is 278 g/mol. The fourth-order valence-corrected chi connectivity index (χ4v) is 2.75. The predicted molar refractivity (Wildman–Crippen MR) is 81.5 cm³/mol. The molecule has 1 spiro atoms. The van der Waals surface area contributed by atoms with Crippen LogP contribution in [0, 0.1) is 16.9 Å². The van der Waals surface area contributed by atoms with Crippen molar-refractivity contribution in [3.8, 4) is 11.5 Å². The van der Waals surface area contributed by atoms with Crippen molar-refractivity contribution >= 4 is 8.07 Å². The lowest BCUT2D eigenvalue weighted by molar-refractivity contribution is -0.230. The van der Waals surface area contributed by atoms with Gasteiger partial charge < -0.3 is 9.47 Å². The van der Waals surface area contributed by atoms with E-state index in [1.807, 2.05) is 0 Å². The van der Waals surface area contributed by atoms with Gasteiger partial charge in [0.2, 0.25) is 5.79 Å². The van der Waals surface area contributed by atoms with Crippen molar-refractivity contribution < 1.29 is 9.47 Å². The lowest BCUT2D eigenvalue weighted by Crippen LogP contribution is -2.40. The second-order valence-electron chi connectivity index (χ2n) is 7.48. The van der Waals surface area contributed by atoms with Crippen LogP contribution in [0.5, 0.6) is 0 Å². The smallest absolute Gasteiger partial charge is 0.211 e. The van der Waals surface area contributed by atoms with Crippen molar-refractivity contribution in [3.05, 3.63) is 11.6 Å². The summed E-state index contributed by atoms with van der Waals surface area (Å²) in [4.78, 5) is 0. The van der Waals surface area contributed by atoms with Crippen molar-refractivity contribution in [3.63, 3.8) is 0 Å². The Balaban J connectivity index is 1.67. The first-order valence-electron chi connectivity index (χ1n) is 7.23. The molecule has 0 aromatic rings.